The quantitative estimate of drug-likeness (QED) is 0.156. The van der Waals surface area contributed by atoms with Gasteiger partial charge in [0, 0.05) is 47.0 Å². The van der Waals surface area contributed by atoms with E-state index in [4.69, 9.17) is 0 Å². The van der Waals surface area contributed by atoms with Crippen LogP contribution in [0.1, 0.15) is 0 Å². The second kappa shape index (κ2) is 14.1. The summed E-state index contributed by atoms with van der Waals surface area (Å²) in [4.78, 5) is 2.47. The number of anilines is 3. The largest absolute Gasteiger partial charge is 0.309 e. The number of rotatable bonds is 7. The molecule has 0 aliphatic carbocycles. The lowest BCUT2D eigenvalue weighted by molar-refractivity contribution is 1.30. The highest BCUT2D eigenvalue weighted by Gasteiger charge is 2.21. The van der Waals surface area contributed by atoms with Gasteiger partial charge >= 0.3 is 0 Å². The first kappa shape index (κ1) is 33.5. The minimum absolute atomic E-state index is 1.11. The van der Waals surface area contributed by atoms with Gasteiger partial charge in [0.05, 0.1) is 10.4 Å². The summed E-state index contributed by atoms with van der Waals surface area (Å²) in [6.07, 6.45) is 0. The van der Waals surface area contributed by atoms with Crippen molar-refractivity contribution in [1.82, 2.24) is 0 Å². The smallest absolute Gasteiger partial charge is 0.0640 e. The molecule has 0 amide bonds. The Kier molecular flexibility index (Phi) is 8.28. The van der Waals surface area contributed by atoms with Crippen molar-refractivity contribution >= 4 is 80.1 Å². The molecule has 3 heteroatoms. The fourth-order valence-corrected chi connectivity index (χ4v) is 10.5. The highest BCUT2D eigenvalue weighted by Crippen LogP contribution is 2.47. The molecule has 0 N–H and O–H groups in total. The third kappa shape index (κ3) is 6.09. The van der Waals surface area contributed by atoms with Crippen molar-refractivity contribution in [2.45, 2.75) is 0 Å². The molecule has 2 aromatic heterocycles. The van der Waals surface area contributed by atoms with Crippen LogP contribution >= 0.6 is 22.7 Å². The molecule has 0 fully saturated rings. The topological polar surface area (TPSA) is 3.24 Å². The van der Waals surface area contributed by atoms with Gasteiger partial charge in [-0.05, 0) is 111 Å². The molecule has 2 heterocycles. The van der Waals surface area contributed by atoms with Gasteiger partial charge < -0.3 is 4.90 Å². The molecular weight excluding hydrogens is 727 g/mol. The maximum absolute atomic E-state index is 2.47. The van der Waals surface area contributed by atoms with E-state index in [1.165, 1.54) is 84.9 Å². The summed E-state index contributed by atoms with van der Waals surface area (Å²) >= 11 is 3.74. The summed E-state index contributed by atoms with van der Waals surface area (Å²) in [5.74, 6) is 0. The molecule has 0 aliphatic rings. The van der Waals surface area contributed by atoms with Crippen LogP contribution in [0.5, 0.6) is 0 Å². The van der Waals surface area contributed by atoms with Crippen LogP contribution in [0, 0.1) is 0 Å². The monoisotopic (exact) mass is 761 g/mol. The van der Waals surface area contributed by atoms with Crippen LogP contribution in [0.25, 0.3) is 84.9 Å². The van der Waals surface area contributed by atoms with E-state index in [9.17, 15) is 0 Å². The van der Waals surface area contributed by atoms with Crippen molar-refractivity contribution < 1.29 is 0 Å². The molecule has 1 nitrogen and oxygen atoms in total. The molecule has 57 heavy (non-hydrogen) atoms. The number of thiophene rings is 2. The fraction of sp³-hybridized carbons (Fsp3) is 0. The summed E-state index contributed by atoms with van der Waals surface area (Å²) in [6.45, 7) is 0. The zero-order valence-electron chi connectivity index (χ0n) is 31.0. The van der Waals surface area contributed by atoms with Crippen LogP contribution in [0.3, 0.4) is 0 Å². The normalized spacial score (nSPS) is 11.5. The zero-order valence-corrected chi connectivity index (χ0v) is 32.6. The van der Waals surface area contributed by atoms with E-state index >= 15 is 0 Å². The van der Waals surface area contributed by atoms with Gasteiger partial charge in [-0.1, -0.05) is 146 Å². The predicted molar refractivity (Wildman–Crippen MR) is 249 cm³/mol. The molecule has 268 valence electrons. The highest BCUT2D eigenvalue weighted by atomic mass is 32.1. The Balaban J connectivity index is 1.12. The molecule has 11 rings (SSSR count). The molecule has 0 spiro atoms. The van der Waals surface area contributed by atoms with Crippen LogP contribution < -0.4 is 4.90 Å². The predicted octanol–water partition coefficient (Wildman–Crippen LogP) is 16.6. The van der Waals surface area contributed by atoms with Crippen molar-refractivity contribution in [3.8, 4) is 44.5 Å². The Morgan fingerprint density at radius 1 is 0.263 bits per heavy atom. The molecule has 0 aliphatic heterocycles. The Morgan fingerprint density at radius 2 is 0.737 bits per heavy atom. The number of hydrogen-bond donors (Lipinski definition) is 0. The van der Waals surface area contributed by atoms with E-state index in [0.717, 1.165) is 17.1 Å². The van der Waals surface area contributed by atoms with Gasteiger partial charge in [0.25, 0.3) is 0 Å². The van der Waals surface area contributed by atoms with Gasteiger partial charge in [-0.25, -0.2) is 0 Å². The highest BCUT2D eigenvalue weighted by molar-refractivity contribution is 7.26. The zero-order chi connectivity index (χ0) is 37.7. The third-order valence-electron chi connectivity index (χ3n) is 11.0. The lowest BCUT2D eigenvalue weighted by atomic mass is 9.97. The van der Waals surface area contributed by atoms with E-state index < -0.39 is 0 Å². The van der Waals surface area contributed by atoms with Crippen LogP contribution in [0.15, 0.2) is 212 Å². The van der Waals surface area contributed by atoms with Crippen molar-refractivity contribution in [3.05, 3.63) is 212 Å². The van der Waals surface area contributed by atoms with E-state index in [0.29, 0.717) is 0 Å². The average Bonchev–Trinajstić information content (AvgIpc) is 3.86. The van der Waals surface area contributed by atoms with Crippen molar-refractivity contribution in [3.63, 3.8) is 0 Å². The second-order valence-corrected chi connectivity index (χ2v) is 16.7. The molecular formula is C54H35NS2. The molecule has 0 unspecified atom stereocenters. The van der Waals surface area contributed by atoms with Gasteiger partial charge in [0.1, 0.15) is 0 Å². The van der Waals surface area contributed by atoms with E-state index in [2.05, 4.69) is 217 Å². The summed E-state index contributed by atoms with van der Waals surface area (Å²) in [6, 6.07) is 77.7. The van der Waals surface area contributed by atoms with Crippen LogP contribution in [0.4, 0.5) is 17.1 Å². The Labute approximate surface area is 340 Å². The Bertz CT molecular complexity index is 3180. The number of benzene rings is 9. The molecule has 0 saturated heterocycles. The van der Waals surface area contributed by atoms with Crippen LogP contribution in [0.2, 0.25) is 0 Å². The summed E-state index contributed by atoms with van der Waals surface area (Å²) in [5.41, 5.74) is 13.0. The number of hydrogen-bond acceptors (Lipinski definition) is 3. The fourth-order valence-electron chi connectivity index (χ4n) is 8.26. The molecule has 0 radical (unpaired) electrons. The molecule has 0 saturated carbocycles. The van der Waals surface area contributed by atoms with Crippen molar-refractivity contribution in [2.24, 2.45) is 0 Å². The maximum Gasteiger partial charge on any atom is 0.0640 e. The van der Waals surface area contributed by atoms with Gasteiger partial charge in [-0.15, -0.1) is 22.7 Å². The second-order valence-electron chi connectivity index (χ2n) is 14.5. The van der Waals surface area contributed by atoms with E-state index in [1.54, 1.807) is 0 Å². The van der Waals surface area contributed by atoms with Gasteiger partial charge in [-0.3, -0.25) is 0 Å². The van der Waals surface area contributed by atoms with Crippen molar-refractivity contribution in [2.75, 3.05) is 4.90 Å². The van der Waals surface area contributed by atoms with Gasteiger partial charge in [0.2, 0.25) is 0 Å². The summed E-state index contributed by atoms with van der Waals surface area (Å²) < 4.78 is 5.21. The number of fused-ring (bicyclic) bond motifs is 6. The Hall–Kier alpha value is -6.78. The average molecular weight is 762 g/mol. The Morgan fingerprint density at radius 3 is 1.40 bits per heavy atom. The first-order valence-corrected chi connectivity index (χ1v) is 21.0. The van der Waals surface area contributed by atoms with Crippen LogP contribution in [-0.4, -0.2) is 0 Å². The standard InChI is InChI=1S/C54H35NS2/c1-4-14-36(15-5-1)39-20-12-21-44(31-39)55(45-32-42(37-16-6-2-7-17-37)30-43(33-45)38-18-8-3-9-19-38)50-24-13-23-47-49-35-41(27-29-53(49)57-54(47)50)40-26-28-52-48(34-40)46-22-10-11-25-51(46)56-52/h1-35H. The molecule has 9 aromatic carbocycles. The third-order valence-corrected chi connectivity index (χ3v) is 13.4. The first-order valence-electron chi connectivity index (χ1n) is 19.3. The molecule has 11 aromatic rings. The lowest BCUT2D eigenvalue weighted by Crippen LogP contribution is -2.10. The minimum Gasteiger partial charge on any atom is -0.309 e. The minimum atomic E-state index is 1.11. The summed E-state index contributed by atoms with van der Waals surface area (Å²) in [5, 5.41) is 5.20. The lowest BCUT2D eigenvalue weighted by Gasteiger charge is -2.28. The molecule has 0 atom stereocenters. The first-order chi connectivity index (χ1) is 28.2. The van der Waals surface area contributed by atoms with Gasteiger partial charge in [-0.2, -0.15) is 0 Å². The van der Waals surface area contributed by atoms with Crippen LogP contribution in [-0.2, 0) is 0 Å². The van der Waals surface area contributed by atoms with Gasteiger partial charge in [0.15, 0.2) is 0 Å². The molecule has 0 bridgehead atoms. The van der Waals surface area contributed by atoms with E-state index in [-0.39, 0.29) is 0 Å². The summed E-state index contributed by atoms with van der Waals surface area (Å²) in [7, 11) is 0. The van der Waals surface area contributed by atoms with Crippen molar-refractivity contribution in [1.29, 1.82) is 0 Å². The van der Waals surface area contributed by atoms with E-state index in [1.807, 2.05) is 22.7 Å². The number of nitrogens with zero attached hydrogens (tertiary/aromatic N) is 1. The SMILES string of the molecule is c1ccc(-c2cccc(N(c3cc(-c4ccccc4)cc(-c4ccccc4)c3)c3cccc4c3sc3ccc(-c5ccc6sc7ccccc7c6c5)cc34)c2)cc1. The maximum atomic E-state index is 2.47.